The highest BCUT2D eigenvalue weighted by Crippen LogP contribution is 2.16. The van der Waals surface area contributed by atoms with Crippen molar-refractivity contribution in [3.8, 4) is 11.8 Å². The van der Waals surface area contributed by atoms with Gasteiger partial charge in [-0.2, -0.15) is 5.26 Å². The van der Waals surface area contributed by atoms with Crippen molar-refractivity contribution in [2.45, 2.75) is 12.1 Å². The summed E-state index contributed by atoms with van der Waals surface area (Å²) in [4.78, 5) is 2.15. The summed E-state index contributed by atoms with van der Waals surface area (Å²) >= 11 is 0. The van der Waals surface area contributed by atoms with Crippen molar-refractivity contribution < 1.29 is 9.84 Å². The number of hydrogen-bond acceptors (Lipinski definition) is 5. The quantitative estimate of drug-likeness (QED) is 0.733. The first-order valence-corrected chi connectivity index (χ1v) is 8.33. The maximum absolute atomic E-state index is 10.1. The van der Waals surface area contributed by atoms with E-state index < -0.39 is 6.10 Å². The predicted octanol–water partition coefficient (Wildman–Crippen LogP) is 2.19. The third-order valence-electron chi connectivity index (χ3n) is 3.95. The predicted molar refractivity (Wildman–Crippen MR) is 98.4 cm³/mol. The normalized spacial score (nSPS) is 13.2. The van der Waals surface area contributed by atoms with E-state index in [1.54, 1.807) is 24.3 Å². The van der Waals surface area contributed by atoms with Crippen LogP contribution in [-0.2, 0) is 0 Å². The lowest BCUT2D eigenvalue weighted by Gasteiger charge is -2.25. The van der Waals surface area contributed by atoms with Crippen LogP contribution in [0.25, 0.3) is 0 Å². The van der Waals surface area contributed by atoms with Crippen molar-refractivity contribution in [1.82, 2.24) is 10.2 Å². The Morgan fingerprint density at radius 2 is 1.76 bits per heavy atom. The Bertz CT molecular complexity index is 666. The number of hydrogen-bond donors (Lipinski definition) is 2. The Hall–Kier alpha value is -2.39. The molecule has 5 heteroatoms. The summed E-state index contributed by atoms with van der Waals surface area (Å²) < 4.78 is 5.55. The number of aliphatic hydroxyl groups is 1. The molecule has 2 aromatic rings. The molecule has 132 valence electrons. The summed E-state index contributed by atoms with van der Waals surface area (Å²) in [5, 5.41) is 22.2. The zero-order valence-electron chi connectivity index (χ0n) is 14.7. The van der Waals surface area contributed by atoms with Crippen LogP contribution >= 0.6 is 0 Å². The molecule has 0 aliphatic rings. The molecule has 0 unspecified atom stereocenters. The van der Waals surface area contributed by atoms with E-state index >= 15 is 0 Å². The Balaban J connectivity index is 1.75. The van der Waals surface area contributed by atoms with Gasteiger partial charge in [-0.15, -0.1) is 0 Å². The standard InChI is InChI=1S/C20H25N3O2/c1-23(2)20(17-6-4-3-5-7-17)14-22-13-18(24)15-25-19-10-8-16(12-21)9-11-19/h3-11,18,20,22,24H,13-15H2,1-2H3/t18-,20-/m1/s1. The molecule has 0 aliphatic heterocycles. The minimum Gasteiger partial charge on any atom is -0.491 e. The number of aliphatic hydroxyl groups excluding tert-OH is 1. The molecule has 2 N–H and O–H groups in total. The lowest BCUT2D eigenvalue weighted by molar-refractivity contribution is 0.104. The molecule has 0 fully saturated rings. The van der Waals surface area contributed by atoms with Gasteiger partial charge in [0.15, 0.2) is 0 Å². The number of rotatable bonds is 9. The molecule has 0 heterocycles. The molecular weight excluding hydrogens is 314 g/mol. The number of nitrogens with zero attached hydrogens (tertiary/aromatic N) is 2. The van der Waals surface area contributed by atoms with Crippen molar-refractivity contribution in [2.75, 3.05) is 33.8 Å². The Morgan fingerprint density at radius 3 is 2.36 bits per heavy atom. The topological polar surface area (TPSA) is 68.5 Å². The van der Waals surface area contributed by atoms with Crippen LogP contribution in [0.4, 0.5) is 0 Å². The fraction of sp³-hybridized carbons (Fsp3) is 0.350. The van der Waals surface area contributed by atoms with Crippen LogP contribution in [0, 0.1) is 11.3 Å². The lowest BCUT2D eigenvalue weighted by Crippen LogP contribution is -2.37. The molecule has 5 nitrogen and oxygen atoms in total. The molecule has 2 atom stereocenters. The largest absolute Gasteiger partial charge is 0.491 e. The van der Waals surface area contributed by atoms with Crippen molar-refractivity contribution in [2.24, 2.45) is 0 Å². The Morgan fingerprint density at radius 1 is 1.08 bits per heavy atom. The molecule has 0 aliphatic carbocycles. The van der Waals surface area contributed by atoms with Crippen LogP contribution in [0.2, 0.25) is 0 Å². The average Bonchev–Trinajstić information content (AvgIpc) is 2.64. The van der Waals surface area contributed by atoms with E-state index in [0.717, 1.165) is 6.54 Å². The first-order chi connectivity index (χ1) is 12.1. The van der Waals surface area contributed by atoms with Gasteiger partial charge in [-0.25, -0.2) is 0 Å². The summed E-state index contributed by atoms with van der Waals surface area (Å²) in [5.41, 5.74) is 1.83. The molecular formula is C20H25N3O2. The van der Waals surface area contributed by atoms with Crippen molar-refractivity contribution in [3.05, 3.63) is 65.7 Å². The molecule has 0 saturated heterocycles. The molecule has 0 aromatic heterocycles. The maximum Gasteiger partial charge on any atom is 0.119 e. The van der Waals surface area contributed by atoms with E-state index in [9.17, 15) is 5.11 Å². The van der Waals surface area contributed by atoms with Gasteiger partial charge in [0.25, 0.3) is 0 Å². The zero-order chi connectivity index (χ0) is 18.1. The number of ether oxygens (including phenoxy) is 1. The maximum atomic E-state index is 10.1. The Labute approximate surface area is 149 Å². The highest BCUT2D eigenvalue weighted by atomic mass is 16.5. The van der Waals surface area contributed by atoms with E-state index in [4.69, 9.17) is 10.00 Å². The van der Waals surface area contributed by atoms with Crippen molar-refractivity contribution in [3.63, 3.8) is 0 Å². The number of nitriles is 1. The summed E-state index contributed by atoms with van der Waals surface area (Å²) in [6.07, 6.45) is -0.603. The average molecular weight is 339 g/mol. The molecule has 2 aromatic carbocycles. The van der Waals surface area contributed by atoms with Crippen molar-refractivity contribution in [1.29, 1.82) is 5.26 Å². The number of likely N-dealkylation sites (N-methyl/N-ethyl adjacent to an activating group) is 1. The zero-order valence-corrected chi connectivity index (χ0v) is 14.7. The van der Waals surface area contributed by atoms with E-state index in [-0.39, 0.29) is 12.6 Å². The second-order valence-corrected chi connectivity index (χ2v) is 6.15. The summed E-state index contributed by atoms with van der Waals surface area (Å²) in [5.74, 6) is 0.647. The van der Waals surface area contributed by atoms with Gasteiger partial charge in [0.1, 0.15) is 18.5 Å². The third-order valence-corrected chi connectivity index (χ3v) is 3.95. The Kier molecular flexibility index (Phi) is 7.42. The van der Waals surface area contributed by atoms with Crippen LogP contribution in [0.15, 0.2) is 54.6 Å². The molecule has 25 heavy (non-hydrogen) atoms. The molecule has 0 amide bonds. The van der Waals surface area contributed by atoms with E-state index in [1.165, 1.54) is 5.56 Å². The third kappa shape index (κ3) is 6.20. The molecule has 0 saturated carbocycles. The minimum absolute atomic E-state index is 0.205. The first-order valence-electron chi connectivity index (χ1n) is 8.33. The van der Waals surface area contributed by atoms with Gasteiger partial charge < -0.3 is 20.1 Å². The fourth-order valence-electron chi connectivity index (χ4n) is 2.54. The van der Waals surface area contributed by atoms with Gasteiger partial charge in [-0.3, -0.25) is 0 Å². The van der Waals surface area contributed by atoms with E-state index in [0.29, 0.717) is 17.9 Å². The summed E-state index contributed by atoms with van der Waals surface area (Å²) in [6, 6.07) is 19.5. The van der Waals surface area contributed by atoms with Crippen LogP contribution in [0.3, 0.4) is 0 Å². The van der Waals surface area contributed by atoms with Gasteiger partial charge in [0.05, 0.1) is 11.6 Å². The van der Waals surface area contributed by atoms with Gasteiger partial charge in [0.2, 0.25) is 0 Å². The van der Waals surface area contributed by atoms with Gasteiger partial charge in [-0.1, -0.05) is 30.3 Å². The van der Waals surface area contributed by atoms with Gasteiger partial charge >= 0.3 is 0 Å². The van der Waals surface area contributed by atoms with Crippen LogP contribution in [-0.4, -0.2) is 49.9 Å². The molecule has 0 bridgehead atoms. The summed E-state index contributed by atoms with van der Waals surface area (Å²) in [6.45, 7) is 1.40. The SMILES string of the molecule is CN(C)[C@H](CNC[C@@H](O)COc1ccc(C#N)cc1)c1ccccc1. The van der Waals surface area contributed by atoms with Crippen LogP contribution in [0.5, 0.6) is 5.75 Å². The second kappa shape index (κ2) is 9.80. The monoisotopic (exact) mass is 339 g/mol. The highest BCUT2D eigenvalue weighted by Gasteiger charge is 2.14. The smallest absolute Gasteiger partial charge is 0.119 e. The minimum atomic E-state index is -0.603. The summed E-state index contributed by atoms with van der Waals surface area (Å²) in [7, 11) is 4.09. The van der Waals surface area contributed by atoms with Gasteiger partial charge in [-0.05, 0) is 43.9 Å². The first kappa shape index (κ1) is 18.9. The van der Waals surface area contributed by atoms with E-state index in [2.05, 4.69) is 28.4 Å². The van der Waals surface area contributed by atoms with Crippen LogP contribution in [0.1, 0.15) is 17.2 Å². The lowest BCUT2D eigenvalue weighted by atomic mass is 10.1. The van der Waals surface area contributed by atoms with E-state index in [1.807, 2.05) is 32.3 Å². The number of nitrogens with one attached hydrogen (secondary N) is 1. The van der Waals surface area contributed by atoms with Gasteiger partial charge in [0, 0.05) is 19.1 Å². The van der Waals surface area contributed by atoms with Crippen LogP contribution < -0.4 is 10.1 Å². The fourth-order valence-corrected chi connectivity index (χ4v) is 2.54. The molecule has 2 rings (SSSR count). The molecule has 0 spiro atoms. The van der Waals surface area contributed by atoms with Crippen molar-refractivity contribution >= 4 is 0 Å². The second-order valence-electron chi connectivity index (χ2n) is 6.15. The highest BCUT2D eigenvalue weighted by molar-refractivity contribution is 5.34. The number of benzene rings is 2. The molecule has 0 radical (unpaired) electrons.